The standard InChI is InChI=1S/C19H29N5O3/c1-19(2,3)27-18(26)23-8-6-22(7-9-23)15-4-5-16(21-12-15)24-13-14(11-20)10-17(24)25/h4-5,12,14H,6-11,13,20H2,1-3H3. The topological polar surface area (TPSA) is 92.0 Å². The van der Waals surface area contributed by atoms with E-state index >= 15 is 0 Å². The van der Waals surface area contributed by atoms with Crippen LogP contribution in [0.25, 0.3) is 0 Å². The average Bonchev–Trinajstić information content (AvgIpc) is 3.01. The number of hydrogen-bond donors (Lipinski definition) is 1. The predicted molar refractivity (Wildman–Crippen MR) is 104 cm³/mol. The summed E-state index contributed by atoms with van der Waals surface area (Å²) in [5.74, 6) is 0.962. The van der Waals surface area contributed by atoms with Crippen molar-refractivity contribution in [1.29, 1.82) is 0 Å². The normalized spacial score (nSPS) is 21.0. The second-order valence-electron chi connectivity index (χ2n) is 8.14. The van der Waals surface area contributed by atoms with Crippen molar-refractivity contribution in [2.75, 3.05) is 49.1 Å². The number of hydrogen-bond acceptors (Lipinski definition) is 6. The predicted octanol–water partition coefficient (Wildman–Crippen LogP) is 1.45. The summed E-state index contributed by atoms with van der Waals surface area (Å²) < 4.78 is 5.43. The highest BCUT2D eigenvalue weighted by Gasteiger charge is 2.30. The molecule has 2 aliphatic rings. The number of pyridine rings is 1. The summed E-state index contributed by atoms with van der Waals surface area (Å²) in [5.41, 5.74) is 6.19. The van der Waals surface area contributed by atoms with E-state index in [-0.39, 0.29) is 17.9 Å². The molecule has 2 aliphatic heterocycles. The number of piperazine rings is 1. The number of anilines is 2. The molecular formula is C19H29N5O3. The first-order valence-electron chi connectivity index (χ1n) is 9.46. The van der Waals surface area contributed by atoms with Gasteiger partial charge in [-0.1, -0.05) is 0 Å². The zero-order valence-corrected chi connectivity index (χ0v) is 16.4. The first-order valence-corrected chi connectivity index (χ1v) is 9.46. The number of carbonyl (C=O) groups is 2. The number of amides is 2. The molecule has 0 radical (unpaired) electrons. The highest BCUT2D eigenvalue weighted by molar-refractivity contribution is 5.94. The van der Waals surface area contributed by atoms with Crippen molar-refractivity contribution in [2.24, 2.45) is 11.7 Å². The van der Waals surface area contributed by atoms with Gasteiger partial charge in [-0.15, -0.1) is 0 Å². The molecule has 2 fully saturated rings. The van der Waals surface area contributed by atoms with E-state index < -0.39 is 5.60 Å². The van der Waals surface area contributed by atoms with Gasteiger partial charge in [-0.05, 0) is 45.4 Å². The average molecular weight is 375 g/mol. The second kappa shape index (κ2) is 7.72. The Kier molecular flexibility index (Phi) is 5.55. The molecule has 2 saturated heterocycles. The van der Waals surface area contributed by atoms with Gasteiger partial charge in [-0.25, -0.2) is 9.78 Å². The lowest BCUT2D eigenvalue weighted by Gasteiger charge is -2.36. The van der Waals surface area contributed by atoms with Crippen LogP contribution < -0.4 is 15.5 Å². The molecule has 1 unspecified atom stereocenters. The van der Waals surface area contributed by atoms with E-state index in [1.54, 1.807) is 16.0 Å². The first kappa shape index (κ1) is 19.4. The molecule has 27 heavy (non-hydrogen) atoms. The van der Waals surface area contributed by atoms with Gasteiger partial charge in [0.05, 0.1) is 11.9 Å². The summed E-state index contributed by atoms with van der Waals surface area (Å²) in [7, 11) is 0. The molecule has 0 bridgehead atoms. The molecule has 3 rings (SSSR count). The van der Waals surface area contributed by atoms with E-state index in [2.05, 4.69) is 9.88 Å². The maximum atomic E-state index is 12.2. The molecule has 2 N–H and O–H groups in total. The second-order valence-corrected chi connectivity index (χ2v) is 8.14. The fourth-order valence-electron chi connectivity index (χ4n) is 3.36. The van der Waals surface area contributed by atoms with E-state index in [0.29, 0.717) is 38.4 Å². The Morgan fingerprint density at radius 1 is 1.26 bits per heavy atom. The molecule has 148 valence electrons. The molecule has 1 aromatic rings. The van der Waals surface area contributed by atoms with Gasteiger partial charge in [0.15, 0.2) is 0 Å². The van der Waals surface area contributed by atoms with Crippen molar-refractivity contribution in [2.45, 2.75) is 32.8 Å². The molecule has 1 aromatic heterocycles. The molecule has 0 aliphatic carbocycles. The van der Waals surface area contributed by atoms with Crippen molar-refractivity contribution in [3.63, 3.8) is 0 Å². The van der Waals surface area contributed by atoms with Crippen molar-refractivity contribution < 1.29 is 14.3 Å². The summed E-state index contributed by atoms with van der Waals surface area (Å²) >= 11 is 0. The lowest BCUT2D eigenvalue weighted by Crippen LogP contribution is -2.50. The fourth-order valence-corrected chi connectivity index (χ4v) is 3.36. The van der Waals surface area contributed by atoms with Crippen molar-refractivity contribution >= 4 is 23.5 Å². The minimum atomic E-state index is -0.482. The molecule has 8 nitrogen and oxygen atoms in total. The fraction of sp³-hybridized carbons (Fsp3) is 0.632. The van der Waals surface area contributed by atoms with Crippen molar-refractivity contribution in [3.8, 4) is 0 Å². The lowest BCUT2D eigenvalue weighted by atomic mass is 10.1. The van der Waals surface area contributed by atoms with Crippen LogP contribution in [0.5, 0.6) is 0 Å². The Morgan fingerprint density at radius 3 is 2.48 bits per heavy atom. The van der Waals surface area contributed by atoms with E-state index in [4.69, 9.17) is 10.5 Å². The van der Waals surface area contributed by atoms with Crippen LogP contribution in [0.4, 0.5) is 16.3 Å². The smallest absolute Gasteiger partial charge is 0.410 e. The molecule has 3 heterocycles. The molecule has 1 atom stereocenters. The van der Waals surface area contributed by atoms with Gasteiger partial charge in [0.25, 0.3) is 0 Å². The zero-order chi connectivity index (χ0) is 19.6. The van der Waals surface area contributed by atoms with Gasteiger partial charge in [0.2, 0.25) is 5.91 Å². The molecular weight excluding hydrogens is 346 g/mol. The highest BCUT2D eigenvalue weighted by Crippen LogP contribution is 2.25. The summed E-state index contributed by atoms with van der Waals surface area (Å²) in [4.78, 5) is 34.4. The van der Waals surface area contributed by atoms with Gasteiger partial charge >= 0.3 is 6.09 Å². The van der Waals surface area contributed by atoms with Crippen LogP contribution in [0.2, 0.25) is 0 Å². The summed E-state index contributed by atoms with van der Waals surface area (Å²) in [6, 6.07) is 3.86. The molecule has 2 amide bonds. The van der Waals surface area contributed by atoms with Gasteiger partial charge in [-0.3, -0.25) is 9.69 Å². The molecule has 0 spiro atoms. The monoisotopic (exact) mass is 375 g/mol. The zero-order valence-electron chi connectivity index (χ0n) is 16.4. The Balaban J connectivity index is 1.56. The van der Waals surface area contributed by atoms with Gasteiger partial charge < -0.3 is 20.3 Å². The third kappa shape index (κ3) is 4.68. The Labute approximate surface area is 160 Å². The Hall–Kier alpha value is -2.35. The first-order chi connectivity index (χ1) is 12.8. The van der Waals surface area contributed by atoms with E-state index in [9.17, 15) is 9.59 Å². The van der Waals surface area contributed by atoms with E-state index in [1.807, 2.05) is 32.9 Å². The molecule has 0 saturated carbocycles. The van der Waals surface area contributed by atoms with Crippen LogP contribution in [-0.4, -0.2) is 66.8 Å². The van der Waals surface area contributed by atoms with Gasteiger partial charge in [-0.2, -0.15) is 0 Å². The quantitative estimate of drug-likeness (QED) is 0.860. The van der Waals surface area contributed by atoms with Crippen molar-refractivity contribution in [1.82, 2.24) is 9.88 Å². The maximum Gasteiger partial charge on any atom is 0.410 e. The lowest BCUT2D eigenvalue weighted by molar-refractivity contribution is -0.117. The SMILES string of the molecule is CC(C)(C)OC(=O)N1CCN(c2ccc(N3CC(CN)CC3=O)nc2)CC1. The van der Waals surface area contributed by atoms with Crippen LogP contribution in [0.3, 0.4) is 0 Å². The van der Waals surface area contributed by atoms with E-state index in [1.165, 1.54) is 0 Å². The number of ether oxygens (including phenoxy) is 1. The summed E-state index contributed by atoms with van der Waals surface area (Å²) in [6.45, 7) is 9.42. The summed E-state index contributed by atoms with van der Waals surface area (Å²) in [5, 5.41) is 0. The van der Waals surface area contributed by atoms with Gasteiger partial charge in [0, 0.05) is 39.1 Å². The van der Waals surface area contributed by atoms with Crippen LogP contribution >= 0.6 is 0 Å². The number of carbonyl (C=O) groups excluding carboxylic acids is 2. The maximum absolute atomic E-state index is 12.2. The Bertz CT molecular complexity index is 678. The van der Waals surface area contributed by atoms with Crippen LogP contribution in [0.1, 0.15) is 27.2 Å². The van der Waals surface area contributed by atoms with Gasteiger partial charge in [0.1, 0.15) is 11.4 Å². The third-order valence-corrected chi connectivity index (χ3v) is 4.84. The number of aromatic nitrogens is 1. The molecule has 8 heteroatoms. The number of rotatable bonds is 3. The van der Waals surface area contributed by atoms with Crippen molar-refractivity contribution in [3.05, 3.63) is 18.3 Å². The minimum Gasteiger partial charge on any atom is -0.444 e. The van der Waals surface area contributed by atoms with Crippen LogP contribution in [0, 0.1) is 5.92 Å². The Morgan fingerprint density at radius 2 is 1.96 bits per heavy atom. The van der Waals surface area contributed by atoms with Crippen LogP contribution in [0.15, 0.2) is 18.3 Å². The largest absolute Gasteiger partial charge is 0.444 e. The minimum absolute atomic E-state index is 0.0803. The number of nitrogens with zero attached hydrogens (tertiary/aromatic N) is 4. The van der Waals surface area contributed by atoms with Crippen LogP contribution in [-0.2, 0) is 9.53 Å². The molecule has 0 aromatic carbocycles. The van der Waals surface area contributed by atoms with E-state index in [0.717, 1.165) is 18.8 Å². The number of nitrogens with two attached hydrogens (primary N) is 1. The third-order valence-electron chi connectivity index (χ3n) is 4.84. The summed E-state index contributed by atoms with van der Waals surface area (Å²) in [6.07, 6.45) is 2.02. The highest BCUT2D eigenvalue weighted by atomic mass is 16.6.